The highest BCUT2D eigenvalue weighted by molar-refractivity contribution is 14.0. The molecule has 2 N–H and O–H groups in total. The van der Waals surface area contributed by atoms with E-state index in [4.69, 9.17) is 0 Å². The van der Waals surface area contributed by atoms with E-state index in [1.165, 1.54) is 36.8 Å². The van der Waals surface area contributed by atoms with Crippen molar-refractivity contribution in [2.75, 3.05) is 13.6 Å². The van der Waals surface area contributed by atoms with Crippen LogP contribution in [0.25, 0.3) is 0 Å². The van der Waals surface area contributed by atoms with Crippen LogP contribution in [0.4, 0.5) is 0 Å². The van der Waals surface area contributed by atoms with Crippen molar-refractivity contribution in [2.45, 2.75) is 71.5 Å². The molecule has 2 aliphatic rings. The lowest BCUT2D eigenvalue weighted by Crippen LogP contribution is -2.44. The van der Waals surface area contributed by atoms with Crippen LogP contribution in [0, 0.1) is 11.8 Å². The number of guanidine groups is 1. The Hall–Kier alpha value is -1.31. The number of halogens is 1. The molecule has 0 radical (unpaired) electrons. The van der Waals surface area contributed by atoms with Gasteiger partial charge in [0.2, 0.25) is 5.91 Å². The summed E-state index contributed by atoms with van der Waals surface area (Å²) < 4.78 is 0. The second kappa shape index (κ2) is 11.8. The molecule has 0 atom stereocenters. The Morgan fingerprint density at radius 1 is 1.17 bits per heavy atom. The van der Waals surface area contributed by atoms with Crippen molar-refractivity contribution in [3.05, 3.63) is 35.4 Å². The van der Waals surface area contributed by atoms with Crippen molar-refractivity contribution < 1.29 is 4.79 Å². The molecule has 0 spiro atoms. The quantitative estimate of drug-likeness (QED) is 0.340. The molecule has 1 amide bonds. The second-order valence-corrected chi connectivity index (χ2v) is 8.61. The van der Waals surface area contributed by atoms with E-state index in [0.29, 0.717) is 19.0 Å². The van der Waals surface area contributed by atoms with E-state index in [9.17, 15) is 4.79 Å². The van der Waals surface area contributed by atoms with Crippen LogP contribution in [0.3, 0.4) is 0 Å². The summed E-state index contributed by atoms with van der Waals surface area (Å²) in [7, 11) is 1.84. The number of carbonyl (C=O) groups excluding carboxylic acids is 1. The third kappa shape index (κ3) is 6.86. The monoisotopic (exact) mass is 512 g/mol. The molecule has 0 aromatic heterocycles. The van der Waals surface area contributed by atoms with Gasteiger partial charge >= 0.3 is 0 Å². The van der Waals surface area contributed by atoms with Gasteiger partial charge in [0.25, 0.3) is 0 Å². The van der Waals surface area contributed by atoms with E-state index in [1.807, 2.05) is 11.9 Å². The fourth-order valence-electron chi connectivity index (χ4n) is 4.46. The first-order valence-electron chi connectivity index (χ1n) is 10.9. The van der Waals surface area contributed by atoms with Crippen molar-refractivity contribution >= 4 is 35.8 Å². The molecule has 1 saturated carbocycles. The van der Waals surface area contributed by atoms with Crippen molar-refractivity contribution in [1.29, 1.82) is 0 Å². The highest BCUT2D eigenvalue weighted by Crippen LogP contribution is 2.29. The number of hydrogen-bond acceptors (Lipinski definition) is 2. The molecule has 1 aliphatic heterocycles. The lowest BCUT2D eigenvalue weighted by molar-refractivity contribution is -0.128. The van der Waals surface area contributed by atoms with Gasteiger partial charge in [0.05, 0.1) is 0 Å². The van der Waals surface area contributed by atoms with E-state index in [0.717, 1.165) is 37.3 Å². The highest BCUT2D eigenvalue weighted by Gasteiger charge is 2.24. The van der Waals surface area contributed by atoms with Crippen LogP contribution >= 0.6 is 24.0 Å². The summed E-state index contributed by atoms with van der Waals surface area (Å²) in [6.07, 6.45) is 6.72. The minimum absolute atomic E-state index is 0. The average molecular weight is 512 g/mol. The van der Waals surface area contributed by atoms with Gasteiger partial charge < -0.3 is 15.5 Å². The number of nitrogens with zero attached hydrogens (tertiary/aromatic N) is 2. The summed E-state index contributed by atoms with van der Waals surface area (Å²) in [5, 5.41) is 7.09. The van der Waals surface area contributed by atoms with Crippen LogP contribution in [0.5, 0.6) is 0 Å². The standard InChI is InChI=1S/C23H36N4O.HI/c1-17(2)18-10-12-21(13-11-18)26-23(24-3)25-15-19-7-4-5-8-20(19)16-27-14-6-9-22(27)28;/h4-5,7-8,17-18,21H,6,9-16H2,1-3H3,(H2,24,25,26);1H. The SMILES string of the molecule is CN=C(NCc1ccccc1CN1CCCC1=O)NC1CCC(C(C)C)CC1.I. The van der Waals surface area contributed by atoms with Gasteiger partial charge in [0, 0.05) is 39.1 Å². The van der Waals surface area contributed by atoms with E-state index in [2.05, 4.69) is 53.7 Å². The lowest BCUT2D eigenvalue weighted by Gasteiger charge is -2.32. The molecule has 1 aromatic carbocycles. The predicted molar refractivity (Wildman–Crippen MR) is 130 cm³/mol. The minimum Gasteiger partial charge on any atom is -0.354 e. The maximum absolute atomic E-state index is 12.0. The van der Waals surface area contributed by atoms with E-state index < -0.39 is 0 Å². The Kier molecular flexibility index (Phi) is 9.72. The molecule has 0 unspecified atom stereocenters. The summed E-state index contributed by atoms with van der Waals surface area (Å²) in [4.78, 5) is 18.4. The maximum Gasteiger partial charge on any atom is 0.222 e. The zero-order chi connectivity index (χ0) is 19.9. The summed E-state index contributed by atoms with van der Waals surface area (Å²) in [5.74, 6) is 2.81. The van der Waals surface area contributed by atoms with Crippen molar-refractivity contribution in [3.8, 4) is 0 Å². The minimum atomic E-state index is 0. The fourth-order valence-corrected chi connectivity index (χ4v) is 4.46. The second-order valence-electron chi connectivity index (χ2n) is 8.61. The number of nitrogens with one attached hydrogen (secondary N) is 2. The normalized spacial score (nSPS) is 22.6. The maximum atomic E-state index is 12.0. The summed E-state index contributed by atoms with van der Waals surface area (Å²) >= 11 is 0. The van der Waals surface area contributed by atoms with Crippen LogP contribution in [0.1, 0.15) is 63.5 Å². The first-order valence-corrected chi connectivity index (χ1v) is 10.9. The smallest absolute Gasteiger partial charge is 0.222 e. The largest absolute Gasteiger partial charge is 0.354 e. The van der Waals surface area contributed by atoms with Crippen molar-refractivity contribution in [2.24, 2.45) is 16.8 Å². The highest BCUT2D eigenvalue weighted by atomic mass is 127. The molecule has 162 valence electrons. The molecular formula is C23H37IN4O. The topological polar surface area (TPSA) is 56.7 Å². The summed E-state index contributed by atoms with van der Waals surface area (Å²) in [6.45, 7) is 6.99. The van der Waals surface area contributed by atoms with Crippen LogP contribution in [-0.2, 0) is 17.9 Å². The van der Waals surface area contributed by atoms with Gasteiger partial charge in [-0.15, -0.1) is 24.0 Å². The van der Waals surface area contributed by atoms with Gasteiger partial charge in [0.15, 0.2) is 5.96 Å². The first-order chi connectivity index (χ1) is 13.6. The molecule has 1 aromatic rings. The van der Waals surface area contributed by atoms with Gasteiger partial charge in [-0.1, -0.05) is 38.1 Å². The molecule has 5 nitrogen and oxygen atoms in total. The first kappa shape index (κ1) is 24.0. The van der Waals surface area contributed by atoms with Crippen LogP contribution in [0.2, 0.25) is 0 Å². The van der Waals surface area contributed by atoms with Crippen molar-refractivity contribution in [1.82, 2.24) is 15.5 Å². The average Bonchev–Trinajstić information content (AvgIpc) is 3.11. The van der Waals surface area contributed by atoms with Gasteiger partial charge in [-0.25, -0.2) is 0 Å². The number of amides is 1. The molecule has 6 heteroatoms. The fraction of sp³-hybridized carbons (Fsp3) is 0.652. The third-order valence-corrected chi connectivity index (χ3v) is 6.38. The Morgan fingerprint density at radius 2 is 1.86 bits per heavy atom. The predicted octanol–water partition coefficient (Wildman–Crippen LogP) is 4.31. The zero-order valence-corrected chi connectivity index (χ0v) is 20.4. The Morgan fingerprint density at radius 3 is 2.45 bits per heavy atom. The van der Waals surface area contributed by atoms with Gasteiger partial charge in [0.1, 0.15) is 0 Å². The van der Waals surface area contributed by atoms with Crippen LogP contribution < -0.4 is 10.6 Å². The number of rotatable bonds is 6. The summed E-state index contributed by atoms with van der Waals surface area (Å²) in [6, 6.07) is 8.91. The van der Waals surface area contributed by atoms with Gasteiger partial charge in [-0.3, -0.25) is 9.79 Å². The third-order valence-electron chi connectivity index (χ3n) is 6.38. The van der Waals surface area contributed by atoms with E-state index >= 15 is 0 Å². The summed E-state index contributed by atoms with van der Waals surface area (Å²) in [5.41, 5.74) is 2.45. The van der Waals surface area contributed by atoms with Gasteiger partial charge in [-0.2, -0.15) is 0 Å². The molecule has 1 saturated heterocycles. The molecular weight excluding hydrogens is 475 g/mol. The molecule has 1 aliphatic carbocycles. The number of hydrogen-bond donors (Lipinski definition) is 2. The Balaban J connectivity index is 0.00000300. The van der Waals surface area contributed by atoms with Crippen LogP contribution in [0.15, 0.2) is 29.3 Å². The Bertz CT molecular complexity index is 683. The molecule has 1 heterocycles. The van der Waals surface area contributed by atoms with Crippen LogP contribution in [-0.4, -0.2) is 36.4 Å². The van der Waals surface area contributed by atoms with E-state index in [-0.39, 0.29) is 29.9 Å². The van der Waals surface area contributed by atoms with Gasteiger partial charge in [-0.05, 0) is 55.1 Å². The van der Waals surface area contributed by atoms with Crippen molar-refractivity contribution in [3.63, 3.8) is 0 Å². The molecule has 0 bridgehead atoms. The molecule has 29 heavy (non-hydrogen) atoms. The lowest BCUT2D eigenvalue weighted by atomic mass is 9.80. The molecule has 3 rings (SSSR count). The number of aliphatic imine (C=N–C) groups is 1. The number of benzene rings is 1. The molecule has 2 fully saturated rings. The number of likely N-dealkylation sites (tertiary alicyclic amines) is 1. The van der Waals surface area contributed by atoms with E-state index in [1.54, 1.807) is 0 Å². The Labute approximate surface area is 193 Å². The number of carbonyl (C=O) groups is 1. The zero-order valence-electron chi connectivity index (χ0n) is 18.1.